The zero-order valence-electron chi connectivity index (χ0n) is 16.3. The van der Waals surface area contributed by atoms with E-state index < -0.39 is 0 Å². The van der Waals surface area contributed by atoms with E-state index in [4.69, 9.17) is 9.47 Å². The lowest BCUT2D eigenvalue weighted by Gasteiger charge is -2.49. The number of carbonyl (C=O) groups is 1. The topological polar surface area (TPSA) is 53.4 Å². The van der Waals surface area contributed by atoms with Crippen LogP contribution < -0.4 is 0 Å². The minimum absolute atomic E-state index is 0.0307. The molecule has 0 N–H and O–H groups in total. The Bertz CT molecular complexity index is 896. The highest BCUT2D eigenvalue weighted by molar-refractivity contribution is 5.90. The van der Waals surface area contributed by atoms with Crippen LogP contribution in [-0.4, -0.2) is 34.7 Å². The summed E-state index contributed by atoms with van der Waals surface area (Å²) in [5, 5.41) is 5.40. The number of aryl methyl sites for hydroxylation is 1. The number of ether oxygens (including phenoxy) is 2. The van der Waals surface area contributed by atoms with Crippen molar-refractivity contribution in [2.24, 2.45) is 5.92 Å². The van der Waals surface area contributed by atoms with Crippen molar-refractivity contribution in [2.75, 3.05) is 13.2 Å². The van der Waals surface area contributed by atoms with Crippen LogP contribution in [-0.2, 0) is 21.3 Å². The number of hydrogen-bond acceptors (Lipinski definition) is 4. The molecule has 0 bridgehead atoms. The SMILES string of the molecule is CC[C@@]12CCC3(C[C@@H]1CCCc1cc4c(cnn4C(C)=O)cc12)OCCO3. The molecule has 2 fully saturated rings. The van der Waals surface area contributed by atoms with Crippen molar-refractivity contribution < 1.29 is 14.3 Å². The van der Waals surface area contributed by atoms with Crippen LogP contribution in [0.3, 0.4) is 0 Å². The van der Waals surface area contributed by atoms with Gasteiger partial charge in [0, 0.05) is 25.2 Å². The maximum Gasteiger partial charge on any atom is 0.244 e. The van der Waals surface area contributed by atoms with Gasteiger partial charge < -0.3 is 9.47 Å². The van der Waals surface area contributed by atoms with Crippen LogP contribution in [0.15, 0.2) is 18.3 Å². The van der Waals surface area contributed by atoms with E-state index in [0.717, 1.165) is 56.2 Å². The molecule has 1 saturated heterocycles. The fourth-order valence-corrected chi connectivity index (χ4v) is 6.02. The molecule has 2 aliphatic carbocycles. The minimum atomic E-state index is -0.336. The maximum atomic E-state index is 11.9. The van der Waals surface area contributed by atoms with Gasteiger partial charge in [0.15, 0.2) is 5.79 Å². The van der Waals surface area contributed by atoms with Crippen molar-refractivity contribution in [2.45, 2.75) is 70.0 Å². The number of fused-ring (bicyclic) bond motifs is 4. The first kappa shape index (κ1) is 17.4. The van der Waals surface area contributed by atoms with Crippen LogP contribution >= 0.6 is 0 Å². The Morgan fingerprint density at radius 1 is 1.30 bits per heavy atom. The summed E-state index contributed by atoms with van der Waals surface area (Å²) in [6, 6.07) is 4.55. The molecule has 2 atom stereocenters. The van der Waals surface area contributed by atoms with Gasteiger partial charge in [0.05, 0.1) is 24.9 Å². The van der Waals surface area contributed by atoms with Gasteiger partial charge in [-0.05, 0) is 66.7 Å². The Balaban J connectivity index is 1.63. The second kappa shape index (κ2) is 6.14. The minimum Gasteiger partial charge on any atom is -0.348 e. The number of rotatable bonds is 1. The predicted molar refractivity (Wildman–Crippen MR) is 103 cm³/mol. The normalized spacial score (nSPS) is 29.5. The fourth-order valence-electron chi connectivity index (χ4n) is 6.02. The number of benzene rings is 1. The van der Waals surface area contributed by atoms with Crippen molar-refractivity contribution in [3.8, 4) is 0 Å². The summed E-state index contributed by atoms with van der Waals surface area (Å²) in [5.74, 6) is 0.213. The first-order chi connectivity index (χ1) is 13.1. The molecule has 1 aromatic carbocycles. The quantitative estimate of drug-likeness (QED) is 0.756. The second-order valence-corrected chi connectivity index (χ2v) is 8.55. The first-order valence-corrected chi connectivity index (χ1v) is 10.4. The largest absolute Gasteiger partial charge is 0.348 e. The van der Waals surface area contributed by atoms with E-state index in [9.17, 15) is 4.79 Å². The van der Waals surface area contributed by atoms with Gasteiger partial charge in [-0.2, -0.15) is 5.10 Å². The first-order valence-electron chi connectivity index (χ1n) is 10.4. The highest BCUT2D eigenvalue weighted by Gasteiger charge is 2.52. The molecular formula is C22H28N2O3. The molecule has 2 aromatic rings. The maximum absolute atomic E-state index is 11.9. The van der Waals surface area contributed by atoms with Gasteiger partial charge in [0.1, 0.15) is 0 Å². The Morgan fingerprint density at radius 2 is 2.11 bits per heavy atom. The monoisotopic (exact) mass is 368 g/mol. The third-order valence-corrected chi connectivity index (χ3v) is 7.36. The molecule has 144 valence electrons. The van der Waals surface area contributed by atoms with E-state index >= 15 is 0 Å². The van der Waals surface area contributed by atoms with Gasteiger partial charge in [-0.25, -0.2) is 4.68 Å². The van der Waals surface area contributed by atoms with Gasteiger partial charge >= 0.3 is 0 Å². The average molecular weight is 368 g/mol. The molecule has 1 aliphatic heterocycles. The number of nitrogens with zero attached hydrogens (tertiary/aromatic N) is 2. The Kier molecular flexibility index (Phi) is 3.96. The summed E-state index contributed by atoms with van der Waals surface area (Å²) in [5.41, 5.74) is 4.01. The molecule has 5 nitrogen and oxygen atoms in total. The lowest BCUT2D eigenvalue weighted by molar-refractivity contribution is -0.199. The molecule has 1 saturated carbocycles. The number of carbonyl (C=O) groups excluding carboxylic acids is 1. The van der Waals surface area contributed by atoms with Gasteiger partial charge in [0.2, 0.25) is 5.91 Å². The van der Waals surface area contributed by atoms with Crippen LogP contribution in [0.2, 0.25) is 0 Å². The Morgan fingerprint density at radius 3 is 2.85 bits per heavy atom. The molecule has 5 rings (SSSR count). The van der Waals surface area contributed by atoms with Crippen LogP contribution in [0.25, 0.3) is 10.9 Å². The van der Waals surface area contributed by atoms with Crippen molar-refractivity contribution in [1.82, 2.24) is 9.78 Å². The smallest absolute Gasteiger partial charge is 0.244 e. The molecule has 1 aromatic heterocycles. The molecule has 2 heterocycles. The third kappa shape index (κ3) is 2.51. The molecule has 3 aliphatic rings. The molecular weight excluding hydrogens is 340 g/mol. The second-order valence-electron chi connectivity index (χ2n) is 8.55. The predicted octanol–water partition coefficient (Wildman–Crippen LogP) is 4.22. The van der Waals surface area contributed by atoms with Crippen LogP contribution in [0.1, 0.15) is 68.3 Å². The summed E-state index contributed by atoms with van der Waals surface area (Å²) in [6.45, 7) is 5.37. The molecule has 0 amide bonds. The summed E-state index contributed by atoms with van der Waals surface area (Å²) >= 11 is 0. The fraction of sp³-hybridized carbons (Fsp3) is 0.636. The summed E-state index contributed by atoms with van der Waals surface area (Å²) < 4.78 is 13.7. The molecule has 27 heavy (non-hydrogen) atoms. The van der Waals surface area contributed by atoms with Gasteiger partial charge in [-0.3, -0.25) is 4.79 Å². The van der Waals surface area contributed by atoms with Gasteiger partial charge in [0.25, 0.3) is 0 Å². The zero-order valence-corrected chi connectivity index (χ0v) is 16.3. The summed E-state index contributed by atoms with van der Waals surface area (Å²) in [6.07, 6.45) is 9.52. The van der Waals surface area contributed by atoms with E-state index in [1.807, 2.05) is 6.20 Å². The van der Waals surface area contributed by atoms with Crippen molar-refractivity contribution in [3.05, 3.63) is 29.5 Å². The van der Waals surface area contributed by atoms with Crippen molar-refractivity contribution in [3.63, 3.8) is 0 Å². The molecule has 0 unspecified atom stereocenters. The average Bonchev–Trinajstić information content (AvgIpc) is 3.25. The van der Waals surface area contributed by atoms with Crippen LogP contribution in [0.4, 0.5) is 0 Å². The Labute approximate surface area is 160 Å². The Hall–Kier alpha value is -1.72. The van der Waals surface area contributed by atoms with E-state index in [1.54, 1.807) is 6.92 Å². The van der Waals surface area contributed by atoms with Crippen molar-refractivity contribution >= 4 is 16.8 Å². The van der Waals surface area contributed by atoms with E-state index in [0.29, 0.717) is 5.92 Å². The highest BCUT2D eigenvalue weighted by Crippen LogP contribution is 2.55. The van der Waals surface area contributed by atoms with Crippen molar-refractivity contribution in [1.29, 1.82) is 0 Å². The van der Waals surface area contributed by atoms with Crippen LogP contribution in [0.5, 0.6) is 0 Å². The molecule has 0 radical (unpaired) electrons. The lowest BCUT2D eigenvalue weighted by atomic mass is 9.59. The highest BCUT2D eigenvalue weighted by atomic mass is 16.7. The van der Waals surface area contributed by atoms with Crippen LogP contribution in [0, 0.1) is 5.92 Å². The summed E-state index contributed by atoms with van der Waals surface area (Å²) in [4.78, 5) is 11.9. The lowest BCUT2D eigenvalue weighted by Crippen LogP contribution is -2.48. The molecule has 5 heteroatoms. The summed E-state index contributed by atoms with van der Waals surface area (Å²) in [7, 11) is 0. The zero-order chi connectivity index (χ0) is 18.6. The van der Waals surface area contributed by atoms with E-state index in [1.165, 1.54) is 28.7 Å². The number of hydrogen-bond donors (Lipinski definition) is 0. The van der Waals surface area contributed by atoms with Gasteiger partial charge in [-0.1, -0.05) is 6.92 Å². The standard InChI is InChI=1S/C22H28N2O3/c1-3-21-7-8-22(26-9-10-27-22)13-18(21)6-4-5-16-12-20-17(11-19(16)21)14-23-24(20)15(2)25/h11-12,14,18H,3-10,13H2,1-2H3/t18-,21+/m0/s1. The third-order valence-electron chi connectivity index (χ3n) is 7.36. The van der Waals surface area contributed by atoms with E-state index in [-0.39, 0.29) is 17.1 Å². The number of aromatic nitrogens is 2. The molecule has 1 spiro atoms. The van der Waals surface area contributed by atoms with Gasteiger partial charge in [-0.15, -0.1) is 0 Å². The van der Waals surface area contributed by atoms with E-state index in [2.05, 4.69) is 24.2 Å².